The van der Waals surface area contributed by atoms with Crippen molar-refractivity contribution in [1.29, 1.82) is 0 Å². The van der Waals surface area contributed by atoms with Gasteiger partial charge >= 0.3 is 0 Å². The number of hydrogen-bond donors (Lipinski definition) is 0. The van der Waals surface area contributed by atoms with E-state index in [9.17, 15) is 0 Å². The first kappa shape index (κ1) is 16.0. The Labute approximate surface area is 154 Å². The Hall–Kier alpha value is -1.22. The highest BCUT2D eigenvalue weighted by Crippen LogP contribution is 2.38. The second-order valence-corrected chi connectivity index (χ2v) is 8.73. The lowest BCUT2D eigenvalue weighted by Gasteiger charge is -2.26. The zero-order valence-electron chi connectivity index (χ0n) is 14.1. The van der Waals surface area contributed by atoms with Crippen molar-refractivity contribution in [3.63, 3.8) is 0 Å². The summed E-state index contributed by atoms with van der Waals surface area (Å²) < 4.78 is 7.36. The molecule has 4 heterocycles. The molecule has 132 valence electrons. The van der Waals surface area contributed by atoms with E-state index >= 15 is 0 Å². The van der Waals surface area contributed by atoms with Gasteiger partial charge in [-0.2, -0.15) is 9.61 Å². The van der Waals surface area contributed by atoms with E-state index < -0.39 is 0 Å². The lowest BCUT2D eigenvalue weighted by atomic mass is 9.97. The van der Waals surface area contributed by atoms with E-state index in [1.807, 2.05) is 15.9 Å². The maximum atomic E-state index is 5.42. The first-order valence-electron chi connectivity index (χ1n) is 8.97. The van der Waals surface area contributed by atoms with E-state index in [1.54, 1.807) is 18.1 Å². The summed E-state index contributed by atoms with van der Waals surface area (Å²) in [4.78, 5) is 14.6. The Kier molecular flexibility index (Phi) is 4.37. The van der Waals surface area contributed by atoms with Crippen LogP contribution in [0.2, 0.25) is 0 Å². The zero-order valence-corrected chi connectivity index (χ0v) is 15.7. The lowest BCUT2D eigenvalue weighted by Crippen LogP contribution is -2.37. The van der Waals surface area contributed by atoms with Crippen LogP contribution in [0.1, 0.15) is 23.3 Å². The molecule has 0 amide bonds. The molecule has 8 heteroatoms. The van der Waals surface area contributed by atoms with Gasteiger partial charge in [-0.25, -0.2) is 9.97 Å². The number of morpholine rings is 1. The number of thioether (sulfide) groups is 1. The van der Waals surface area contributed by atoms with Crippen molar-refractivity contribution in [3.8, 4) is 0 Å². The number of fused-ring (bicyclic) bond motifs is 5. The third kappa shape index (κ3) is 2.95. The van der Waals surface area contributed by atoms with Crippen LogP contribution in [0, 0.1) is 0 Å². The van der Waals surface area contributed by atoms with E-state index in [0.717, 1.165) is 60.7 Å². The van der Waals surface area contributed by atoms with Gasteiger partial charge in [0, 0.05) is 30.3 Å². The fraction of sp³-hybridized carbons (Fsp3) is 0.588. The molecule has 0 spiro atoms. The van der Waals surface area contributed by atoms with E-state index in [1.165, 1.54) is 35.1 Å². The van der Waals surface area contributed by atoms with Crippen molar-refractivity contribution in [3.05, 3.63) is 16.8 Å². The summed E-state index contributed by atoms with van der Waals surface area (Å²) in [6.45, 7) is 4.82. The summed E-state index contributed by atoms with van der Waals surface area (Å²) in [6.07, 6.45) is 6.58. The largest absolute Gasteiger partial charge is 0.379 e. The van der Waals surface area contributed by atoms with Crippen LogP contribution in [0.25, 0.3) is 15.9 Å². The number of nitrogens with zero attached hydrogens (tertiary/aromatic N) is 5. The molecule has 0 unspecified atom stereocenters. The number of ether oxygens (including phenoxy) is 1. The topological polar surface area (TPSA) is 55.5 Å². The molecule has 1 fully saturated rings. The minimum atomic E-state index is 0.850. The van der Waals surface area contributed by atoms with Gasteiger partial charge in [0.05, 0.1) is 18.6 Å². The molecule has 2 aliphatic rings. The van der Waals surface area contributed by atoms with Crippen molar-refractivity contribution in [2.75, 3.05) is 38.6 Å². The average Bonchev–Trinajstić information content (AvgIpc) is 3.26. The van der Waals surface area contributed by atoms with Crippen LogP contribution in [0.5, 0.6) is 0 Å². The maximum absolute atomic E-state index is 5.42. The van der Waals surface area contributed by atoms with Crippen LogP contribution in [-0.2, 0) is 17.6 Å². The van der Waals surface area contributed by atoms with Gasteiger partial charge in [0.2, 0.25) is 0 Å². The highest BCUT2D eigenvalue weighted by atomic mass is 32.2. The maximum Gasteiger partial charge on any atom is 0.192 e. The molecule has 3 aromatic rings. The van der Waals surface area contributed by atoms with Gasteiger partial charge in [-0.05, 0) is 31.2 Å². The minimum absolute atomic E-state index is 0.850. The van der Waals surface area contributed by atoms with Crippen LogP contribution in [0.3, 0.4) is 0 Å². The van der Waals surface area contributed by atoms with Crippen molar-refractivity contribution in [2.45, 2.75) is 30.8 Å². The summed E-state index contributed by atoms with van der Waals surface area (Å²) >= 11 is 3.64. The van der Waals surface area contributed by atoms with Gasteiger partial charge in [-0.15, -0.1) is 11.3 Å². The Morgan fingerprint density at radius 3 is 3.00 bits per heavy atom. The molecule has 0 bridgehead atoms. The minimum Gasteiger partial charge on any atom is -0.379 e. The Morgan fingerprint density at radius 1 is 1.20 bits per heavy atom. The Bertz CT molecular complexity index is 899. The Morgan fingerprint density at radius 2 is 2.08 bits per heavy atom. The Balaban J connectivity index is 1.44. The second-order valence-electron chi connectivity index (χ2n) is 6.58. The third-order valence-corrected chi connectivity index (χ3v) is 7.14. The summed E-state index contributed by atoms with van der Waals surface area (Å²) in [5.41, 5.74) is 2.46. The molecule has 0 N–H and O–H groups in total. The fourth-order valence-electron chi connectivity index (χ4n) is 3.73. The summed E-state index contributed by atoms with van der Waals surface area (Å²) in [5.74, 6) is 1.01. The zero-order chi connectivity index (χ0) is 16.6. The van der Waals surface area contributed by atoms with Crippen molar-refractivity contribution in [1.82, 2.24) is 24.5 Å². The summed E-state index contributed by atoms with van der Waals surface area (Å²) in [7, 11) is 0. The smallest absolute Gasteiger partial charge is 0.192 e. The molecule has 0 saturated carbocycles. The second kappa shape index (κ2) is 6.83. The van der Waals surface area contributed by atoms with Gasteiger partial charge in [0.1, 0.15) is 11.2 Å². The average molecular weight is 376 g/mol. The number of aromatic nitrogens is 4. The molecule has 1 aliphatic heterocycles. The monoisotopic (exact) mass is 375 g/mol. The van der Waals surface area contributed by atoms with Gasteiger partial charge in [0.25, 0.3) is 0 Å². The van der Waals surface area contributed by atoms with E-state index in [0.29, 0.717) is 0 Å². The normalized spacial score (nSPS) is 18.9. The van der Waals surface area contributed by atoms with E-state index in [4.69, 9.17) is 9.72 Å². The number of aryl methyl sites for hydroxylation is 2. The molecule has 3 aromatic heterocycles. The van der Waals surface area contributed by atoms with E-state index in [2.05, 4.69) is 15.0 Å². The summed E-state index contributed by atoms with van der Waals surface area (Å²) in [5, 5.41) is 6.67. The van der Waals surface area contributed by atoms with Crippen LogP contribution in [0.15, 0.2) is 11.5 Å². The molecule has 25 heavy (non-hydrogen) atoms. The van der Waals surface area contributed by atoms with Gasteiger partial charge in [0.15, 0.2) is 10.8 Å². The molecule has 6 nitrogen and oxygen atoms in total. The fourth-order valence-corrected chi connectivity index (χ4v) is 5.99. The quantitative estimate of drug-likeness (QED) is 0.516. The highest BCUT2D eigenvalue weighted by Gasteiger charge is 2.22. The number of thiophene rings is 1. The van der Waals surface area contributed by atoms with Crippen LogP contribution in [0.4, 0.5) is 0 Å². The van der Waals surface area contributed by atoms with Crippen molar-refractivity contribution in [2.24, 2.45) is 0 Å². The first-order chi connectivity index (χ1) is 12.4. The number of rotatable bonds is 4. The van der Waals surface area contributed by atoms with Gasteiger partial charge in [-0.3, -0.25) is 4.90 Å². The predicted molar refractivity (Wildman–Crippen MR) is 101 cm³/mol. The molecule has 5 rings (SSSR count). The highest BCUT2D eigenvalue weighted by molar-refractivity contribution is 7.99. The molecule has 0 atom stereocenters. The van der Waals surface area contributed by atoms with Crippen LogP contribution >= 0.6 is 23.1 Å². The lowest BCUT2D eigenvalue weighted by molar-refractivity contribution is 0.0410. The van der Waals surface area contributed by atoms with Crippen LogP contribution < -0.4 is 0 Å². The van der Waals surface area contributed by atoms with Crippen LogP contribution in [-0.4, -0.2) is 63.1 Å². The van der Waals surface area contributed by atoms with Crippen molar-refractivity contribution >= 4 is 39.0 Å². The van der Waals surface area contributed by atoms with Crippen molar-refractivity contribution < 1.29 is 4.74 Å². The molecule has 1 aliphatic carbocycles. The molecular formula is C17H21N5OS2. The standard InChI is InChI=1S/C17H21N5OS2/c1-2-4-13-12(3-1)14-15-18-11-19-22(15)17(20-16(14)25-13)24-10-7-21-5-8-23-9-6-21/h11H,1-10H2. The first-order valence-corrected chi connectivity index (χ1v) is 10.8. The predicted octanol–water partition coefficient (Wildman–Crippen LogP) is 2.64. The molecule has 0 radical (unpaired) electrons. The molecule has 0 aromatic carbocycles. The van der Waals surface area contributed by atoms with Gasteiger partial charge < -0.3 is 4.74 Å². The summed E-state index contributed by atoms with van der Waals surface area (Å²) in [6, 6.07) is 0. The third-order valence-electron chi connectivity index (χ3n) is 5.04. The molecular weight excluding hydrogens is 354 g/mol. The molecule has 1 saturated heterocycles. The van der Waals surface area contributed by atoms with Gasteiger partial charge in [-0.1, -0.05) is 11.8 Å². The van der Waals surface area contributed by atoms with E-state index in [-0.39, 0.29) is 0 Å². The number of hydrogen-bond acceptors (Lipinski definition) is 7. The SMILES string of the molecule is c1nc2c3c4c(sc3nc(SCCN3CCOCC3)n2n1)CCCC4.